The number of aliphatic hydroxyl groups excluding tert-OH is 5. The summed E-state index contributed by atoms with van der Waals surface area (Å²) in [7, 11) is -3.87. The molecule has 0 aromatic heterocycles. The molecule has 0 aliphatic carbocycles. The maximum atomic E-state index is 14.0. The standard InChI is InChI=1S/C41H40FNO7S.C4H10O2.H2S/c42-32-15-10-29(11-16-32)37(46)20-21-40-41(43(51(40,48)49)33-17-12-27(13-18-33)26-4-2-1-3-5-26)36-19-14-31(22-38(36)47)28-6-8-30(9-7-28)39-24-34(45)23-35(25-44)50-39;1-2-4(6)3-5;/h1-19,22,34-35,37,39-41,44-47H,20-21,23-25H2;4-6H,2-3H2,1H3;1H2/t34?,35?,37?,39?,40-,41?;;/m1../s1. The summed E-state index contributed by atoms with van der Waals surface area (Å²) >= 11 is 0. The predicted molar refractivity (Wildman–Crippen MR) is 228 cm³/mol. The minimum atomic E-state index is -3.87. The zero-order valence-corrected chi connectivity index (χ0v) is 34.0. The molecule has 7 atom stereocenters. The van der Waals surface area contributed by atoms with Crippen molar-refractivity contribution in [3.8, 4) is 28.0 Å². The molecule has 7 rings (SSSR count). The SMILES string of the molecule is CCC(O)CO.O=S1(=O)[C@H](CCC(O)c2ccc(F)cc2)C(c2ccc(-c3ccc(C4CC(O)CC(CO)O4)cc3)cc2O)N1c1ccc(-c2ccccc2)cc1.S. The van der Waals surface area contributed by atoms with Crippen molar-refractivity contribution >= 4 is 29.2 Å². The minimum absolute atomic E-state index is 0. The van der Waals surface area contributed by atoms with Crippen molar-refractivity contribution in [2.24, 2.45) is 0 Å². The second-order valence-corrected chi connectivity index (χ2v) is 16.6. The number of rotatable bonds is 12. The third-order valence-electron chi connectivity index (χ3n) is 10.7. The molecule has 13 heteroatoms. The van der Waals surface area contributed by atoms with Crippen molar-refractivity contribution in [2.45, 2.75) is 80.8 Å². The second-order valence-electron chi connectivity index (χ2n) is 14.6. The maximum absolute atomic E-state index is 14.0. The first-order valence-electron chi connectivity index (χ1n) is 19.2. The van der Waals surface area contributed by atoms with Crippen LogP contribution in [0, 0.1) is 5.82 Å². The number of benzene rings is 5. The third-order valence-corrected chi connectivity index (χ3v) is 12.9. The van der Waals surface area contributed by atoms with Gasteiger partial charge >= 0.3 is 0 Å². The van der Waals surface area contributed by atoms with Crippen LogP contribution < -0.4 is 4.31 Å². The van der Waals surface area contributed by atoms with Crippen molar-refractivity contribution < 1.29 is 48.2 Å². The average molecular weight is 834 g/mol. The molecule has 5 aromatic rings. The lowest BCUT2D eigenvalue weighted by Crippen LogP contribution is -2.58. The first-order chi connectivity index (χ1) is 27.4. The van der Waals surface area contributed by atoms with Gasteiger partial charge in [-0.05, 0) is 83.0 Å². The molecule has 10 nitrogen and oxygen atoms in total. The molecule has 0 saturated carbocycles. The molecule has 5 aromatic carbocycles. The summed E-state index contributed by atoms with van der Waals surface area (Å²) in [6.07, 6.45) is -1.12. The van der Waals surface area contributed by atoms with Gasteiger partial charge in [0.25, 0.3) is 0 Å². The lowest BCUT2D eigenvalue weighted by atomic mass is 9.92. The fraction of sp³-hybridized carbons (Fsp3) is 0.333. The molecule has 2 fully saturated rings. The minimum Gasteiger partial charge on any atom is -0.508 e. The van der Waals surface area contributed by atoms with Gasteiger partial charge in [0, 0.05) is 18.4 Å². The molecule has 2 aliphatic heterocycles. The van der Waals surface area contributed by atoms with Crippen molar-refractivity contribution in [3.05, 3.63) is 144 Å². The highest BCUT2D eigenvalue weighted by atomic mass is 32.2. The van der Waals surface area contributed by atoms with Gasteiger partial charge in [0.15, 0.2) is 0 Å². The van der Waals surface area contributed by atoms with Gasteiger partial charge in [0.05, 0.1) is 55.5 Å². The van der Waals surface area contributed by atoms with E-state index in [4.69, 9.17) is 14.9 Å². The molecule has 2 heterocycles. The van der Waals surface area contributed by atoms with Crippen molar-refractivity contribution in [3.63, 3.8) is 0 Å². The van der Waals surface area contributed by atoms with Crippen LogP contribution in [-0.2, 0) is 14.8 Å². The second kappa shape index (κ2) is 20.1. The summed E-state index contributed by atoms with van der Waals surface area (Å²) in [6.45, 7) is 1.54. The van der Waals surface area contributed by atoms with E-state index in [1.807, 2.05) is 79.7 Å². The zero-order chi connectivity index (χ0) is 40.7. The third kappa shape index (κ3) is 10.3. The van der Waals surface area contributed by atoms with E-state index in [-0.39, 0.29) is 51.4 Å². The highest BCUT2D eigenvalue weighted by molar-refractivity contribution is 7.95. The molecule has 6 N–H and O–H groups in total. The van der Waals surface area contributed by atoms with Gasteiger partial charge in [-0.25, -0.2) is 12.8 Å². The van der Waals surface area contributed by atoms with Crippen LogP contribution in [0.5, 0.6) is 5.75 Å². The van der Waals surface area contributed by atoms with E-state index >= 15 is 0 Å². The number of phenols is 1. The Balaban J connectivity index is 0.000000851. The van der Waals surface area contributed by atoms with Crippen LogP contribution in [0.25, 0.3) is 22.3 Å². The molecular formula is C45H52FNO9S2. The van der Waals surface area contributed by atoms with Gasteiger partial charge in [0.1, 0.15) is 16.8 Å². The monoisotopic (exact) mass is 833 g/mol. The van der Waals surface area contributed by atoms with Gasteiger partial charge in [-0.3, -0.25) is 4.31 Å². The summed E-state index contributed by atoms with van der Waals surface area (Å²) in [5.74, 6) is -0.485. The van der Waals surface area contributed by atoms with Gasteiger partial charge in [-0.2, -0.15) is 13.5 Å². The maximum Gasteiger partial charge on any atom is 0.241 e. The molecule has 0 amide bonds. The van der Waals surface area contributed by atoms with Crippen LogP contribution in [0.4, 0.5) is 10.1 Å². The Morgan fingerprint density at radius 1 is 0.810 bits per heavy atom. The Bertz CT molecular complexity index is 2150. The molecule has 0 radical (unpaired) electrons. The quantitative estimate of drug-likeness (QED) is 0.0771. The molecule has 310 valence electrons. The lowest BCUT2D eigenvalue weighted by molar-refractivity contribution is -0.113. The summed E-state index contributed by atoms with van der Waals surface area (Å²) in [5.41, 5.74) is 5.76. The van der Waals surface area contributed by atoms with E-state index < -0.39 is 51.5 Å². The van der Waals surface area contributed by atoms with Crippen LogP contribution in [0.15, 0.2) is 121 Å². The summed E-state index contributed by atoms with van der Waals surface area (Å²) in [6, 6.07) is 34.6. The first kappa shape index (κ1) is 44.8. The molecule has 2 aliphatic rings. The Morgan fingerprint density at radius 3 is 2.00 bits per heavy atom. The van der Waals surface area contributed by atoms with Crippen molar-refractivity contribution in [1.82, 2.24) is 0 Å². The summed E-state index contributed by atoms with van der Waals surface area (Å²) in [5, 5.41) is 57.7. The predicted octanol–water partition coefficient (Wildman–Crippen LogP) is 7.07. The van der Waals surface area contributed by atoms with Crippen LogP contribution >= 0.6 is 13.5 Å². The number of halogens is 1. The molecule has 58 heavy (non-hydrogen) atoms. The number of anilines is 1. The topological polar surface area (TPSA) is 168 Å². The summed E-state index contributed by atoms with van der Waals surface area (Å²) in [4.78, 5) is 0. The largest absolute Gasteiger partial charge is 0.508 e. The Morgan fingerprint density at radius 2 is 1.41 bits per heavy atom. The van der Waals surface area contributed by atoms with Crippen LogP contribution in [0.1, 0.15) is 74.0 Å². The van der Waals surface area contributed by atoms with E-state index in [0.29, 0.717) is 36.1 Å². The number of hydrogen-bond donors (Lipinski definition) is 6. The molecule has 0 spiro atoms. The number of aromatic hydroxyl groups is 1. The smallest absolute Gasteiger partial charge is 0.241 e. The highest BCUT2D eigenvalue weighted by Crippen LogP contribution is 2.50. The number of aliphatic hydroxyl groups is 5. The molecular weight excluding hydrogens is 782 g/mol. The Kier molecular flexibility index (Phi) is 15.5. The van der Waals surface area contributed by atoms with Gasteiger partial charge in [-0.15, -0.1) is 0 Å². The van der Waals surface area contributed by atoms with Gasteiger partial charge < -0.3 is 35.4 Å². The Labute approximate surface area is 346 Å². The number of sulfonamides is 1. The van der Waals surface area contributed by atoms with Crippen molar-refractivity contribution in [2.75, 3.05) is 17.5 Å². The van der Waals surface area contributed by atoms with E-state index in [1.165, 1.54) is 28.6 Å². The number of nitrogens with zero attached hydrogens (tertiary/aromatic N) is 1. The Hall–Kier alpha value is -4.31. The van der Waals surface area contributed by atoms with Crippen molar-refractivity contribution in [1.29, 1.82) is 0 Å². The fourth-order valence-electron chi connectivity index (χ4n) is 7.42. The summed E-state index contributed by atoms with van der Waals surface area (Å²) < 4.78 is 48.7. The highest BCUT2D eigenvalue weighted by Gasteiger charge is 2.55. The molecule has 2 saturated heterocycles. The normalized spacial score (nSPS) is 22.1. The van der Waals surface area contributed by atoms with E-state index in [2.05, 4.69) is 0 Å². The zero-order valence-electron chi connectivity index (χ0n) is 32.2. The average Bonchev–Trinajstić information content (AvgIpc) is 3.23. The number of hydrogen-bond acceptors (Lipinski definition) is 9. The molecule has 0 bridgehead atoms. The fourth-order valence-corrected chi connectivity index (χ4v) is 9.54. The van der Waals surface area contributed by atoms with Crippen LogP contribution in [0.2, 0.25) is 0 Å². The first-order valence-corrected chi connectivity index (χ1v) is 20.7. The van der Waals surface area contributed by atoms with Crippen LogP contribution in [0.3, 0.4) is 0 Å². The molecule has 6 unspecified atom stereocenters. The van der Waals surface area contributed by atoms with Crippen LogP contribution in [-0.4, -0.2) is 75.8 Å². The van der Waals surface area contributed by atoms with E-state index in [0.717, 1.165) is 27.8 Å². The number of phenolic OH excluding ortho intramolecular Hbond substituents is 1. The van der Waals surface area contributed by atoms with E-state index in [9.17, 15) is 33.2 Å². The van der Waals surface area contributed by atoms with Gasteiger partial charge in [0.2, 0.25) is 10.0 Å². The lowest BCUT2D eigenvalue weighted by Gasteiger charge is -2.48. The van der Waals surface area contributed by atoms with Gasteiger partial charge in [-0.1, -0.05) is 97.9 Å². The van der Waals surface area contributed by atoms with E-state index in [1.54, 1.807) is 24.3 Å². The number of ether oxygens (including phenoxy) is 1.